The van der Waals surface area contributed by atoms with Gasteiger partial charge >= 0.3 is 5.97 Å². The van der Waals surface area contributed by atoms with Crippen LogP contribution in [0, 0.1) is 11.6 Å². The van der Waals surface area contributed by atoms with E-state index in [1.807, 2.05) is 0 Å². The number of rotatable bonds is 6. The van der Waals surface area contributed by atoms with Crippen LogP contribution >= 0.6 is 11.8 Å². The van der Waals surface area contributed by atoms with Crippen LogP contribution in [0.15, 0.2) is 77.7 Å². The van der Waals surface area contributed by atoms with Crippen LogP contribution in [0.25, 0.3) is 0 Å². The van der Waals surface area contributed by atoms with Crippen LogP contribution < -0.4 is 4.74 Å². The van der Waals surface area contributed by atoms with E-state index in [1.54, 1.807) is 18.2 Å². The molecule has 0 aromatic heterocycles. The smallest absolute Gasteiger partial charge is 0.321 e. The maximum Gasteiger partial charge on any atom is 0.321 e. The molecule has 0 amide bonds. The van der Waals surface area contributed by atoms with Gasteiger partial charge in [0.15, 0.2) is 5.78 Å². The molecule has 0 bridgehead atoms. The Labute approximate surface area is 159 Å². The third kappa shape index (κ3) is 5.01. The molecule has 0 radical (unpaired) electrons. The van der Waals surface area contributed by atoms with Crippen molar-refractivity contribution in [1.82, 2.24) is 0 Å². The first-order chi connectivity index (χ1) is 13.0. The topological polar surface area (TPSA) is 43.4 Å². The number of thioether (sulfide) groups is 1. The largest absolute Gasteiger partial charge is 0.426 e. The minimum absolute atomic E-state index is 0.0444. The van der Waals surface area contributed by atoms with Gasteiger partial charge in [-0.15, -0.1) is 11.8 Å². The number of esters is 1. The molecule has 0 atom stereocenters. The molecule has 3 rings (SSSR count). The Hall–Kier alpha value is -2.99. The average molecular weight is 384 g/mol. The highest BCUT2D eigenvalue weighted by Gasteiger charge is 2.11. The van der Waals surface area contributed by atoms with E-state index < -0.39 is 11.8 Å². The van der Waals surface area contributed by atoms with E-state index in [4.69, 9.17) is 4.74 Å². The van der Waals surface area contributed by atoms with Crippen LogP contribution in [0.2, 0.25) is 0 Å². The lowest BCUT2D eigenvalue weighted by Gasteiger charge is -2.06. The van der Waals surface area contributed by atoms with Gasteiger partial charge in [0, 0.05) is 16.0 Å². The molecule has 3 aromatic rings. The lowest BCUT2D eigenvalue weighted by atomic mass is 10.0. The molecular formula is C21H14F2O3S. The lowest BCUT2D eigenvalue weighted by Crippen LogP contribution is -2.11. The molecule has 0 aliphatic rings. The van der Waals surface area contributed by atoms with Crippen molar-refractivity contribution in [1.29, 1.82) is 0 Å². The van der Waals surface area contributed by atoms with E-state index in [-0.39, 0.29) is 23.1 Å². The van der Waals surface area contributed by atoms with Crippen molar-refractivity contribution < 1.29 is 23.1 Å². The van der Waals surface area contributed by atoms with E-state index in [2.05, 4.69) is 0 Å². The van der Waals surface area contributed by atoms with Gasteiger partial charge in [-0.3, -0.25) is 9.59 Å². The first-order valence-electron chi connectivity index (χ1n) is 8.01. The summed E-state index contributed by atoms with van der Waals surface area (Å²) in [6, 6.07) is 17.5. The Balaban J connectivity index is 1.58. The average Bonchev–Trinajstić information content (AvgIpc) is 2.68. The maximum absolute atomic E-state index is 13.5. The SMILES string of the molecule is O=C(CSc1ccccc1F)Oc1ccc(C(=O)c2ccc(F)cc2)cc1. The van der Waals surface area contributed by atoms with Crippen molar-refractivity contribution in [2.75, 3.05) is 5.75 Å². The summed E-state index contributed by atoms with van der Waals surface area (Å²) in [5.41, 5.74) is 0.754. The van der Waals surface area contributed by atoms with Crippen LogP contribution in [-0.4, -0.2) is 17.5 Å². The summed E-state index contributed by atoms with van der Waals surface area (Å²) >= 11 is 1.05. The monoisotopic (exact) mass is 384 g/mol. The number of hydrogen-bond donors (Lipinski definition) is 0. The molecule has 0 aliphatic carbocycles. The standard InChI is InChI=1S/C21H14F2O3S/c22-16-9-5-14(6-10-16)21(25)15-7-11-17(12-8-15)26-20(24)13-27-19-4-2-1-3-18(19)23/h1-12H,13H2. The molecule has 6 heteroatoms. The van der Waals surface area contributed by atoms with Crippen LogP contribution in [0.4, 0.5) is 8.78 Å². The van der Waals surface area contributed by atoms with Gasteiger partial charge in [0.2, 0.25) is 0 Å². The Kier molecular flexibility index (Phi) is 5.98. The minimum atomic E-state index is -0.527. The fraction of sp³-hybridized carbons (Fsp3) is 0.0476. The highest BCUT2D eigenvalue weighted by Crippen LogP contribution is 2.22. The summed E-state index contributed by atoms with van der Waals surface area (Å²) in [7, 11) is 0. The molecule has 27 heavy (non-hydrogen) atoms. The molecule has 3 nitrogen and oxygen atoms in total. The summed E-state index contributed by atoms with van der Waals surface area (Å²) in [6.07, 6.45) is 0. The second-order valence-electron chi connectivity index (χ2n) is 5.55. The van der Waals surface area contributed by atoms with E-state index in [1.165, 1.54) is 54.6 Å². The van der Waals surface area contributed by atoms with Crippen LogP contribution in [0.3, 0.4) is 0 Å². The van der Waals surface area contributed by atoms with E-state index in [9.17, 15) is 18.4 Å². The highest BCUT2D eigenvalue weighted by molar-refractivity contribution is 8.00. The third-order valence-electron chi connectivity index (χ3n) is 3.64. The fourth-order valence-corrected chi connectivity index (χ4v) is 3.01. The second kappa shape index (κ2) is 8.60. The van der Waals surface area contributed by atoms with Gasteiger partial charge in [0.05, 0.1) is 5.75 Å². The molecule has 136 valence electrons. The van der Waals surface area contributed by atoms with Gasteiger partial charge in [-0.2, -0.15) is 0 Å². The Morgan fingerprint density at radius 1 is 0.815 bits per heavy atom. The molecule has 3 aromatic carbocycles. The fourth-order valence-electron chi connectivity index (χ4n) is 2.30. The van der Waals surface area contributed by atoms with Crippen LogP contribution in [0.1, 0.15) is 15.9 Å². The van der Waals surface area contributed by atoms with Crippen LogP contribution in [0.5, 0.6) is 5.75 Å². The van der Waals surface area contributed by atoms with Crippen molar-refractivity contribution in [3.63, 3.8) is 0 Å². The molecule has 0 spiro atoms. The summed E-state index contributed by atoms with van der Waals surface area (Å²) < 4.78 is 31.7. The normalized spacial score (nSPS) is 10.4. The Morgan fingerprint density at radius 2 is 1.41 bits per heavy atom. The number of ether oxygens (including phenoxy) is 1. The number of ketones is 1. The first kappa shape index (κ1) is 18.8. The number of halogens is 2. The summed E-state index contributed by atoms with van der Waals surface area (Å²) in [5.74, 6) is -1.35. The molecule has 0 aliphatic heterocycles. The molecule has 0 N–H and O–H groups in total. The summed E-state index contributed by atoms with van der Waals surface area (Å²) in [5, 5.41) is 0. The number of hydrogen-bond acceptors (Lipinski definition) is 4. The molecule has 0 unspecified atom stereocenters. The van der Waals surface area contributed by atoms with E-state index in [0.717, 1.165) is 11.8 Å². The van der Waals surface area contributed by atoms with E-state index >= 15 is 0 Å². The molecule has 0 heterocycles. The number of carbonyl (C=O) groups is 2. The van der Waals surface area contributed by atoms with Gasteiger partial charge < -0.3 is 4.74 Å². The molecule has 0 saturated heterocycles. The quantitative estimate of drug-likeness (QED) is 0.263. The zero-order valence-corrected chi connectivity index (χ0v) is 14.8. The molecule has 0 saturated carbocycles. The maximum atomic E-state index is 13.5. The van der Waals surface area contributed by atoms with Gasteiger partial charge in [0.1, 0.15) is 17.4 Å². The highest BCUT2D eigenvalue weighted by atomic mass is 32.2. The van der Waals surface area contributed by atoms with Gasteiger partial charge in [0.25, 0.3) is 0 Å². The summed E-state index contributed by atoms with van der Waals surface area (Å²) in [6.45, 7) is 0. The van der Waals surface area contributed by atoms with E-state index in [0.29, 0.717) is 16.0 Å². The number of carbonyl (C=O) groups excluding carboxylic acids is 2. The molecular weight excluding hydrogens is 370 g/mol. The minimum Gasteiger partial charge on any atom is -0.426 e. The predicted octanol–water partition coefficient (Wildman–Crippen LogP) is 4.89. The first-order valence-corrected chi connectivity index (χ1v) is 9.00. The van der Waals surface area contributed by atoms with Crippen molar-refractivity contribution in [2.45, 2.75) is 4.90 Å². The van der Waals surface area contributed by atoms with Crippen molar-refractivity contribution in [3.8, 4) is 5.75 Å². The second-order valence-corrected chi connectivity index (χ2v) is 6.57. The Bertz CT molecular complexity index is 954. The van der Waals surface area contributed by atoms with Crippen molar-refractivity contribution in [2.24, 2.45) is 0 Å². The van der Waals surface area contributed by atoms with Crippen LogP contribution in [-0.2, 0) is 4.79 Å². The zero-order valence-electron chi connectivity index (χ0n) is 14.0. The van der Waals surface area contributed by atoms with Gasteiger partial charge in [-0.25, -0.2) is 8.78 Å². The summed E-state index contributed by atoms with van der Waals surface area (Å²) in [4.78, 5) is 24.6. The zero-order chi connectivity index (χ0) is 19.2. The number of benzene rings is 3. The Morgan fingerprint density at radius 3 is 2.04 bits per heavy atom. The predicted molar refractivity (Wildman–Crippen MR) is 99.0 cm³/mol. The molecule has 0 fully saturated rings. The van der Waals surface area contributed by atoms with Crippen molar-refractivity contribution >= 4 is 23.5 Å². The van der Waals surface area contributed by atoms with Crippen molar-refractivity contribution in [3.05, 3.63) is 95.6 Å². The van der Waals surface area contributed by atoms with Gasteiger partial charge in [-0.05, 0) is 60.7 Å². The lowest BCUT2D eigenvalue weighted by molar-refractivity contribution is -0.131. The third-order valence-corrected chi connectivity index (χ3v) is 4.66. The van der Waals surface area contributed by atoms with Gasteiger partial charge in [-0.1, -0.05) is 12.1 Å².